The van der Waals surface area contributed by atoms with E-state index >= 15 is 0 Å². The second kappa shape index (κ2) is 5.45. The molecule has 1 rings (SSSR count). The third-order valence-electron chi connectivity index (χ3n) is 3.62. The second-order valence-corrected chi connectivity index (χ2v) is 15.0. The predicted molar refractivity (Wildman–Crippen MR) is 85.0 cm³/mol. The maximum absolute atomic E-state index is 3.78. The largest absolute Gasteiger partial charge is 0.180 e. The standard InChI is InChI=1S/C15H24SSi/c1-7-13-8-10-14(11-9-13)12-16-17(5,6)15(2,3)4/h7-11H,1,12H2,2-6H3. The number of hydrogen-bond acceptors (Lipinski definition) is 1. The fourth-order valence-corrected chi connectivity index (χ4v) is 5.26. The quantitative estimate of drug-likeness (QED) is 0.641. The summed E-state index contributed by atoms with van der Waals surface area (Å²) in [6.45, 7) is 15.8. The molecule has 0 saturated carbocycles. The van der Waals surface area contributed by atoms with Crippen LogP contribution in [0.5, 0.6) is 0 Å². The van der Waals surface area contributed by atoms with Crippen LogP contribution in [0.3, 0.4) is 0 Å². The minimum absolute atomic E-state index is 0.457. The molecule has 0 aromatic heterocycles. The van der Waals surface area contributed by atoms with Gasteiger partial charge in [0, 0.05) is 5.75 Å². The van der Waals surface area contributed by atoms with Crippen LogP contribution in [-0.4, -0.2) is 7.22 Å². The Kier molecular flexibility index (Phi) is 4.67. The van der Waals surface area contributed by atoms with Crippen LogP contribution >= 0.6 is 11.2 Å². The van der Waals surface area contributed by atoms with Crippen molar-refractivity contribution in [3.8, 4) is 0 Å². The van der Waals surface area contributed by atoms with Crippen molar-refractivity contribution in [2.75, 3.05) is 0 Å². The lowest BCUT2D eigenvalue weighted by Gasteiger charge is -2.36. The lowest BCUT2D eigenvalue weighted by atomic mass is 10.1. The van der Waals surface area contributed by atoms with E-state index in [9.17, 15) is 0 Å². The van der Waals surface area contributed by atoms with E-state index in [1.807, 2.05) is 6.08 Å². The number of rotatable bonds is 4. The van der Waals surface area contributed by atoms with E-state index in [1.165, 1.54) is 11.1 Å². The van der Waals surface area contributed by atoms with Gasteiger partial charge in [0.2, 0.25) is 0 Å². The molecular formula is C15H24SSi. The molecule has 0 aliphatic heterocycles. The monoisotopic (exact) mass is 264 g/mol. The Bertz CT molecular complexity index is 371. The molecule has 1 aromatic rings. The van der Waals surface area contributed by atoms with Gasteiger partial charge in [-0.2, -0.15) is 11.2 Å². The van der Waals surface area contributed by atoms with Gasteiger partial charge in [0.25, 0.3) is 0 Å². The van der Waals surface area contributed by atoms with Crippen molar-refractivity contribution in [3.63, 3.8) is 0 Å². The Balaban J connectivity index is 2.64. The molecule has 0 atom stereocenters. The van der Waals surface area contributed by atoms with Gasteiger partial charge >= 0.3 is 0 Å². The summed E-state index contributed by atoms with van der Waals surface area (Å²) in [5.74, 6) is 1.13. The SMILES string of the molecule is C=Cc1ccc(CS[Si](C)(C)C(C)(C)C)cc1. The molecule has 0 radical (unpaired) electrons. The maximum Gasteiger partial charge on any atom is 0.117 e. The summed E-state index contributed by atoms with van der Waals surface area (Å²) in [6, 6.07) is 8.73. The van der Waals surface area contributed by atoms with Gasteiger partial charge in [-0.1, -0.05) is 70.8 Å². The summed E-state index contributed by atoms with van der Waals surface area (Å²) >= 11 is 2.17. The fourth-order valence-electron chi connectivity index (χ4n) is 1.23. The molecule has 0 N–H and O–H groups in total. The van der Waals surface area contributed by atoms with Gasteiger partial charge in [-0.25, -0.2) is 0 Å². The maximum atomic E-state index is 3.78. The second-order valence-electron chi connectivity index (χ2n) is 5.99. The smallest absolute Gasteiger partial charge is 0.117 e. The van der Waals surface area contributed by atoms with Crippen molar-refractivity contribution < 1.29 is 0 Å². The molecule has 1 aromatic carbocycles. The first-order valence-corrected chi connectivity index (χ1v) is 10.8. The summed E-state index contributed by atoms with van der Waals surface area (Å²) < 4.78 is 0. The first kappa shape index (κ1) is 14.6. The normalized spacial score (nSPS) is 12.5. The van der Waals surface area contributed by atoms with Crippen LogP contribution in [0.25, 0.3) is 6.08 Å². The van der Waals surface area contributed by atoms with Crippen LogP contribution in [-0.2, 0) is 5.75 Å². The van der Waals surface area contributed by atoms with E-state index < -0.39 is 7.22 Å². The Morgan fingerprint density at radius 2 is 1.71 bits per heavy atom. The molecule has 0 bridgehead atoms. The van der Waals surface area contributed by atoms with Crippen LogP contribution in [0.15, 0.2) is 30.8 Å². The Morgan fingerprint density at radius 3 is 2.12 bits per heavy atom. The highest BCUT2D eigenvalue weighted by Gasteiger charge is 2.35. The predicted octanol–water partition coefficient (Wildman–Crippen LogP) is 5.57. The molecular weight excluding hydrogens is 240 g/mol. The van der Waals surface area contributed by atoms with Crippen molar-refractivity contribution >= 4 is 24.5 Å². The van der Waals surface area contributed by atoms with E-state index in [2.05, 4.69) is 75.9 Å². The Morgan fingerprint density at radius 1 is 1.18 bits per heavy atom. The summed E-state index contributed by atoms with van der Waals surface area (Å²) in [7, 11) is -1.21. The Labute approximate surface area is 111 Å². The van der Waals surface area contributed by atoms with Crippen LogP contribution < -0.4 is 0 Å². The minimum Gasteiger partial charge on any atom is -0.180 e. The van der Waals surface area contributed by atoms with Crippen molar-refractivity contribution in [3.05, 3.63) is 42.0 Å². The molecule has 0 nitrogen and oxygen atoms in total. The van der Waals surface area contributed by atoms with Crippen molar-refractivity contribution in [1.82, 2.24) is 0 Å². The molecule has 17 heavy (non-hydrogen) atoms. The van der Waals surface area contributed by atoms with Crippen molar-refractivity contribution in [2.45, 2.75) is 44.7 Å². The van der Waals surface area contributed by atoms with Gasteiger partial charge < -0.3 is 0 Å². The molecule has 0 fully saturated rings. The minimum atomic E-state index is -1.21. The zero-order valence-electron chi connectivity index (χ0n) is 11.7. The van der Waals surface area contributed by atoms with Gasteiger partial charge in [0.15, 0.2) is 0 Å². The van der Waals surface area contributed by atoms with Gasteiger partial charge in [-0.3, -0.25) is 0 Å². The first-order valence-electron chi connectivity index (χ1n) is 6.11. The molecule has 94 valence electrons. The van der Waals surface area contributed by atoms with Crippen molar-refractivity contribution in [2.24, 2.45) is 0 Å². The van der Waals surface area contributed by atoms with E-state index in [0.29, 0.717) is 5.04 Å². The average molecular weight is 265 g/mol. The zero-order valence-corrected chi connectivity index (χ0v) is 13.5. The Hall–Kier alpha value is -0.473. The fraction of sp³-hybridized carbons (Fsp3) is 0.467. The third kappa shape index (κ3) is 4.04. The summed E-state index contributed by atoms with van der Waals surface area (Å²) in [6.07, 6.45) is 1.89. The zero-order chi connectivity index (χ0) is 13.1. The van der Waals surface area contributed by atoms with Gasteiger partial charge in [0.1, 0.15) is 7.22 Å². The molecule has 2 heteroatoms. The van der Waals surface area contributed by atoms with Gasteiger partial charge in [0.05, 0.1) is 0 Å². The lowest BCUT2D eigenvalue weighted by Crippen LogP contribution is -2.33. The molecule has 0 unspecified atom stereocenters. The van der Waals surface area contributed by atoms with Crippen LogP contribution in [0.1, 0.15) is 31.9 Å². The van der Waals surface area contributed by atoms with E-state index in [-0.39, 0.29) is 0 Å². The lowest BCUT2D eigenvalue weighted by molar-refractivity contribution is 0.736. The summed E-state index contributed by atoms with van der Waals surface area (Å²) in [4.78, 5) is 0. The molecule has 0 aliphatic rings. The highest BCUT2D eigenvalue weighted by Crippen LogP contribution is 2.44. The molecule has 0 amide bonds. The molecule has 0 aliphatic carbocycles. The molecule has 0 heterocycles. The molecule has 0 saturated heterocycles. The molecule has 0 spiro atoms. The topological polar surface area (TPSA) is 0 Å². The number of benzene rings is 1. The summed E-state index contributed by atoms with van der Waals surface area (Å²) in [5.41, 5.74) is 2.62. The van der Waals surface area contributed by atoms with E-state index in [1.54, 1.807) is 0 Å². The van der Waals surface area contributed by atoms with Crippen LogP contribution in [0.2, 0.25) is 18.1 Å². The van der Waals surface area contributed by atoms with E-state index in [0.717, 1.165) is 5.75 Å². The highest BCUT2D eigenvalue weighted by molar-refractivity contribution is 8.28. The van der Waals surface area contributed by atoms with Gasteiger partial charge in [-0.15, -0.1) is 0 Å². The highest BCUT2D eigenvalue weighted by atomic mass is 32.4. The summed E-state index contributed by atoms with van der Waals surface area (Å²) in [5, 5.41) is 0.457. The van der Waals surface area contributed by atoms with Crippen LogP contribution in [0.4, 0.5) is 0 Å². The van der Waals surface area contributed by atoms with Crippen molar-refractivity contribution in [1.29, 1.82) is 0 Å². The average Bonchev–Trinajstić information content (AvgIpc) is 2.25. The number of hydrogen-bond donors (Lipinski definition) is 0. The van der Waals surface area contributed by atoms with Crippen LogP contribution in [0, 0.1) is 0 Å². The third-order valence-corrected chi connectivity index (χ3v) is 12.9. The van der Waals surface area contributed by atoms with E-state index in [4.69, 9.17) is 0 Å². The van der Waals surface area contributed by atoms with Gasteiger partial charge in [-0.05, 0) is 16.2 Å². The first-order chi connectivity index (χ1) is 7.76.